The molecule has 2 aromatic heterocycles. The number of carbonyl (C=O) groups is 1. The Morgan fingerprint density at radius 2 is 2.03 bits per heavy atom. The van der Waals surface area contributed by atoms with Crippen LogP contribution in [0.3, 0.4) is 0 Å². The highest BCUT2D eigenvalue weighted by molar-refractivity contribution is 5.92. The first-order chi connectivity index (χ1) is 13.9. The molecule has 148 valence electrons. The highest BCUT2D eigenvalue weighted by Gasteiger charge is 2.35. The number of para-hydroxylation sites is 1. The molecular formula is C24H26N4O. The number of hydrogen-bond acceptors (Lipinski definition) is 3. The van der Waals surface area contributed by atoms with Gasteiger partial charge in [-0.15, -0.1) is 0 Å². The number of pyridine rings is 1. The van der Waals surface area contributed by atoms with E-state index in [-0.39, 0.29) is 17.4 Å². The van der Waals surface area contributed by atoms with Crippen molar-refractivity contribution < 1.29 is 4.79 Å². The van der Waals surface area contributed by atoms with Crippen molar-refractivity contribution in [3.05, 3.63) is 83.4 Å². The van der Waals surface area contributed by atoms with Crippen molar-refractivity contribution in [3.63, 3.8) is 0 Å². The van der Waals surface area contributed by atoms with Gasteiger partial charge in [-0.05, 0) is 54.5 Å². The third-order valence-electron chi connectivity index (χ3n) is 5.45. The lowest BCUT2D eigenvalue weighted by Crippen LogP contribution is -2.36. The van der Waals surface area contributed by atoms with E-state index in [0.717, 1.165) is 29.7 Å². The summed E-state index contributed by atoms with van der Waals surface area (Å²) in [5.41, 5.74) is 5.53. The number of benzene rings is 1. The molecule has 1 aromatic carbocycles. The summed E-state index contributed by atoms with van der Waals surface area (Å²) in [6.07, 6.45) is 10.5. The summed E-state index contributed by atoms with van der Waals surface area (Å²) < 4.78 is 2.04. The second kappa shape index (κ2) is 7.66. The van der Waals surface area contributed by atoms with Crippen molar-refractivity contribution in [1.29, 1.82) is 0 Å². The van der Waals surface area contributed by atoms with E-state index in [1.54, 1.807) is 24.5 Å². The van der Waals surface area contributed by atoms with Gasteiger partial charge in [0.1, 0.15) is 0 Å². The minimum Gasteiger partial charge on any atom is -0.346 e. The summed E-state index contributed by atoms with van der Waals surface area (Å²) in [5, 5.41) is 7.87. The molecule has 3 aromatic rings. The molecule has 1 atom stereocenters. The molecule has 0 saturated heterocycles. The van der Waals surface area contributed by atoms with Crippen LogP contribution in [0.1, 0.15) is 48.7 Å². The largest absolute Gasteiger partial charge is 0.346 e. The summed E-state index contributed by atoms with van der Waals surface area (Å²) in [4.78, 5) is 16.7. The molecule has 0 fully saturated rings. The highest BCUT2D eigenvalue weighted by atomic mass is 16.1. The first kappa shape index (κ1) is 19.1. The van der Waals surface area contributed by atoms with E-state index < -0.39 is 0 Å². The van der Waals surface area contributed by atoms with Gasteiger partial charge in [0.2, 0.25) is 5.91 Å². The fraction of sp³-hybridized carbons (Fsp3) is 0.292. The van der Waals surface area contributed by atoms with E-state index in [1.807, 2.05) is 35.1 Å². The molecule has 5 nitrogen and oxygen atoms in total. The summed E-state index contributed by atoms with van der Waals surface area (Å²) >= 11 is 0. The molecule has 0 saturated carbocycles. The average molecular weight is 386 g/mol. The number of fused-ring (bicyclic) bond motifs is 1. The van der Waals surface area contributed by atoms with Crippen molar-refractivity contribution >= 4 is 12.0 Å². The molecule has 0 bridgehead atoms. The Morgan fingerprint density at radius 3 is 2.79 bits per heavy atom. The zero-order valence-electron chi connectivity index (χ0n) is 17.1. The van der Waals surface area contributed by atoms with E-state index in [4.69, 9.17) is 0 Å². The van der Waals surface area contributed by atoms with E-state index >= 15 is 0 Å². The van der Waals surface area contributed by atoms with Gasteiger partial charge < -0.3 is 5.32 Å². The van der Waals surface area contributed by atoms with Crippen LogP contribution in [0, 0.1) is 12.3 Å². The van der Waals surface area contributed by atoms with Crippen molar-refractivity contribution in [3.8, 4) is 5.69 Å². The maximum absolute atomic E-state index is 12.6. The fourth-order valence-corrected chi connectivity index (χ4v) is 4.05. The molecule has 4 rings (SSSR count). The third kappa shape index (κ3) is 4.14. The van der Waals surface area contributed by atoms with E-state index in [2.05, 4.69) is 48.3 Å². The number of nitrogens with zero attached hydrogens (tertiary/aromatic N) is 3. The van der Waals surface area contributed by atoms with Crippen LogP contribution in [-0.2, 0) is 11.2 Å². The van der Waals surface area contributed by atoms with Crippen molar-refractivity contribution in [2.24, 2.45) is 5.41 Å². The van der Waals surface area contributed by atoms with Gasteiger partial charge in [-0.2, -0.15) is 5.10 Å². The smallest absolute Gasteiger partial charge is 0.244 e. The molecule has 2 heterocycles. The standard InChI is InChI=1S/C24H26N4O/c1-17-7-4-5-9-21(17)28-22-14-24(2,3)13-20(19(22)16-26-28)27-23(29)11-10-18-8-6-12-25-15-18/h4-12,15-16,20H,13-14H2,1-3H3,(H,27,29)/b11-10+. The first-order valence-electron chi connectivity index (χ1n) is 9.94. The Bertz CT molecular complexity index is 1050. The van der Waals surface area contributed by atoms with Crippen LogP contribution in [0.15, 0.2) is 61.1 Å². The van der Waals surface area contributed by atoms with Gasteiger partial charge in [0.05, 0.1) is 23.6 Å². The van der Waals surface area contributed by atoms with E-state index in [9.17, 15) is 4.79 Å². The summed E-state index contributed by atoms with van der Waals surface area (Å²) in [6, 6.07) is 12.0. The zero-order valence-corrected chi connectivity index (χ0v) is 17.1. The van der Waals surface area contributed by atoms with Crippen LogP contribution in [-0.4, -0.2) is 20.7 Å². The molecule has 29 heavy (non-hydrogen) atoms. The fourth-order valence-electron chi connectivity index (χ4n) is 4.05. The lowest BCUT2D eigenvalue weighted by molar-refractivity contribution is -0.117. The lowest BCUT2D eigenvalue weighted by Gasteiger charge is -2.35. The SMILES string of the molecule is Cc1ccccc1-n1ncc2c1CC(C)(C)CC2NC(=O)/C=C/c1cccnc1. The Hall–Kier alpha value is -3.21. The Balaban J connectivity index is 1.61. The Labute approximate surface area is 171 Å². The number of hydrogen-bond donors (Lipinski definition) is 1. The van der Waals surface area contributed by atoms with Gasteiger partial charge in [0.15, 0.2) is 0 Å². The predicted octanol–water partition coefficient (Wildman–Crippen LogP) is 4.42. The number of aryl methyl sites for hydroxylation is 1. The number of nitrogens with one attached hydrogen (secondary N) is 1. The van der Waals surface area contributed by atoms with Crippen LogP contribution >= 0.6 is 0 Å². The molecule has 0 aliphatic heterocycles. The van der Waals surface area contributed by atoms with Crippen molar-refractivity contribution in [2.45, 2.75) is 39.7 Å². The number of rotatable bonds is 4. The molecule has 1 N–H and O–H groups in total. The molecule has 1 unspecified atom stereocenters. The number of carbonyl (C=O) groups excluding carboxylic acids is 1. The zero-order chi connectivity index (χ0) is 20.4. The van der Waals surface area contributed by atoms with Gasteiger partial charge in [-0.25, -0.2) is 4.68 Å². The van der Waals surface area contributed by atoms with E-state index in [0.29, 0.717) is 0 Å². The van der Waals surface area contributed by atoms with Crippen LogP contribution in [0.25, 0.3) is 11.8 Å². The summed E-state index contributed by atoms with van der Waals surface area (Å²) in [6.45, 7) is 6.59. The van der Waals surface area contributed by atoms with Gasteiger partial charge in [0, 0.05) is 24.0 Å². The maximum Gasteiger partial charge on any atom is 0.244 e. The molecule has 0 radical (unpaired) electrons. The topological polar surface area (TPSA) is 59.8 Å². The van der Waals surface area contributed by atoms with Crippen LogP contribution < -0.4 is 5.32 Å². The van der Waals surface area contributed by atoms with Crippen LogP contribution in [0.4, 0.5) is 0 Å². The molecular weight excluding hydrogens is 360 g/mol. The monoisotopic (exact) mass is 386 g/mol. The Kier molecular flexibility index (Phi) is 5.05. The quantitative estimate of drug-likeness (QED) is 0.675. The second-order valence-electron chi connectivity index (χ2n) is 8.47. The second-order valence-corrected chi connectivity index (χ2v) is 8.47. The molecule has 1 aliphatic carbocycles. The van der Waals surface area contributed by atoms with Crippen LogP contribution in [0.5, 0.6) is 0 Å². The average Bonchev–Trinajstić information content (AvgIpc) is 3.10. The minimum absolute atomic E-state index is 0.0578. The van der Waals surface area contributed by atoms with Gasteiger partial charge in [-0.3, -0.25) is 9.78 Å². The van der Waals surface area contributed by atoms with E-state index in [1.165, 1.54) is 11.3 Å². The van der Waals surface area contributed by atoms with Gasteiger partial charge >= 0.3 is 0 Å². The lowest BCUT2D eigenvalue weighted by atomic mass is 9.74. The Morgan fingerprint density at radius 1 is 1.21 bits per heavy atom. The normalized spacial score (nSPS) is 17.8. The van der Waals surface area contributed by atoms with Gasteiger partial charge in [0.25, 0.3) is 0 Å². The summed E-state index contributed by atoms with van der Waals surface area (Å²) in [7, 11) is 0. The maximum atomic E-state index is 12.6. The number of amides is 1. The third-order valence-corrected chi connectivity index (χ3v) is 5.45. The molecule has 1 amide bonds. The molecule has 5 heteroatoms. The van der Waals surface area contributed by atoms with Crippen molar-refractivity contribution in [1.82, 2.24) is 20.1 Å². The van der Waals surface area contributed by atoms with Gasteiger partial charge in [-0.1, -0.05) is 38.1 Å². The molecule has 0 spiro atoms. The van der Waals surface area contributed by atoms with Crippen LogP contribution in [0.2, 0.25) is 0 Å². The predicted molar refractivity (Wildman–Crippen MR) is 115 cm³/mol. The first-order valence-corrected chi connectivity index (χ1v) is 9.94. The highest BCUT2D eigenvalue weighted by Crippen LogP contribution is 2.41. The van der Waals surface area contributed by atoms with Crippen molar-refractivity contribution in [2.75, 3.05) is 0 Å². The minimum atomic E-state index is -0.105. The molecule has 1 aliphatic rings. The number of aromatic nitrogens is 3. The summed E-state index contributed by atoms with van der Waals surface area (Å²) in [5.74, 6) is -0.105.